The zero-order valence-corrected chi connectivity index (χ0v) is 23.9. The molecule has 0 aromatic heterocycles. The van der Waals surface area contributed by atoms with Gasteiger partial charge in [-0.05, 0) is 46.5 Å². The van der Waals surface area contributed by atoms with Crippen molar-refractivity contribution in [3.05, 3.63) is 132 Å². The third-order valence-corrected chi connectivity index (χ3v) is 14.2. The quantitative estimate of drug-likeness (QED) is 0.191. The van der Waals surface area contributed by atoms with E-state index in [-0.39, 0.29) is 0 Å². The fourth-order valence-corrected chi connectivity index (χ4v) is 12.5. The molecule has 0 aliphatic carbocycles. The van der Waals surface area contributed by atoms with Gasteiger partial charge in [-0.2, -0.15) is 0 Å². The average molecular weight is 567 g/mol. The van der Waals surface area contributed by atoms with Gasteiger partial charge in [0.05, 0.1) is 0 Å². The second kappa shape index (κ2) is 10.8. The van der Waals surface area contributed by atoms with Crippen LogP contribution in [0.1, 0.15) is 11.1 Å². The first kappa shape index (κ1) is 24.3. The van der Waals surface area contributed by atoms with Crippen molar-refractivity contribution in [3.63, 3.8) is 0 Å². The van der Waals surface area contributed by atoms with Crippen LogP contribution in [0.4, 0.5) is 0 Å². The van der Waals surface area contributed by atoms with Crippen molar-refractivity contribution in [1.82, 2.24) is 0 Å². The molecule has 2 atom stereocenters. The molecule has 0 bridgehead atoms. The number of para-hydroxylation sites is 2. The lowest BCUT2D eigenvalue weighted by atomic mass is 10.0. The van der Waals surface area contributed by atoms with E-state index in [4.69, 9.17) is 9.05 Å². The monoisotopic (exact) mass is 566 g/mol. The molecule has 0 spiro atoms. The number of fused-ring (bicyclic) bond motifs is 6. The fraction of sp³-hybridized carbons (Fsp3) is 0.0625. The Hall–Kier alpha value is -2.74. The van der Waals surface area contributed by atoms with Crippen LogP contribution in [0.5, 0.6) is 11.5 Å². The summed E-state index contributed by atoms with van der Waals surface area (Å²) in [5.74, 6) is 3.81. The van der Waals surface area contributed by atoms with Gasteiger partial charge in [0.2, 0.25) is 0 Å². The summed E-state index contributed by atoms with van der Waals surface area (Å²) in [5.41, 5.74) is 7.72. The van der Waals surface area contributed by atoms with Gasteiger partial charge < -0.3 is 9.05 Å². The number of hydrogen-bond acceptors (Lipinski definition) is 4. The first-order valence-electron chi connectivity index (χ1n) is 12.5. The summed E-state index contributed by atoms with van der Waals surface area (Å²) < 4.78 is 13.1. The minimum absolute atomic E-state index is 0.806. The third kappa shape index (κ3) is 4.65. The standard InChI is InChI=1S/C32H24O2P2S2/c1-2-12-24(22-38-36-32-20-10-6-16-28(32)26-14-4-8-18-30(26)34-36)23(11-1)21-37-35-31-19-9-5-15-27(31)25-13-3-7-17-29(25)33-35/h1-20H,21-22H2. The van der Waals surface area contributed by atoms with E-state index in [0.29, 0.717) is 0 Å². The predicted molar refractivity (Wildman–Crippen MR) is 167 cm³/mol. The van der Waals surface area contributed by atoms with Crippen molar-refractivity contribution in [2.75, 3.05) is 0 Å². The number of benzene rings is 5. The summed E-state index contributed by atoms with van der Waals surface area (Å²) in [6.45, 7) is 0. The third-order valence-electron chi connectivity index (χ3n) is 6.71. The fourth-order valence-electron chi connectivity index (χ4n) is 4.82. The van der Waals surface area contributed by atoms with Crippen molar-refractivity contribution >= 4 is 48.1 Å². The minimum Gasteiger partial charge on any atom is -0.457 e. The smallest absolute Gasteiger partial charge is 0.180 e. The van der Waals surface area contributed by atoms with E-state index in [1.54, 1.807) is 0 Å². The molecule has 0 N–H and O–H groups in total. The van der Waals surface area contributed by atoms with Crippen molar-refractivity contribution in [3.8, 4) is 33.8 Å². The predicted octanol–water partition coefficient (Wildman–Crippen LogP) is 9.55. The maximum absolute atomic E-state index is 6.55. The molecule has 2 heterocycles. The normalized spacial score (nSPS) is 16.7. The summed E-state index contributed by atoms with van der Waals surface area (Å²) in [6, 6.07) is 43.0. The summed E-state index contributed by atoms with van der Waals surface area (Å²) in [6.07, 6.45) is 0. The van der Waals surface area contributed by atoms with Crippen molar-refractivity contribution in [2.24, 2.45) is 0 Å². The van der Waals surface area contributed by atoms with E-state index in [1.807, 2.05) is 22.8 Å². The van der Waals surface area contributed by atoms with Gasteiger partial charge in [0.15, 0.2) is 14.7 Å². The van der Waals surface area contributed by atoms with Crippen LogP contribution in [0, 0.1) is 0 Å². The molecular formula is C32H24O2P2S2. The van der Waals surface area contributed by atoms with Crippen LogP contribution in [0.2, 0.25) is 0 Å². The van der Waals surface area contributed by atoms with E-state index in [1.165, 1.54) is 44.0 Å². The largest absolute Gasteiger partial charge is 0.457 e. The van der Waals surface area contributed by atoms with Crippen LogP contribution in [0.25, 0.3) is 22.3 Å². The van der Waals surface area contributed by atoms with Crippen LogP contribution in [-0.2, 0) is 11.5 Å². The Morgan fingerprint density at radius 1 is 0.421 bits per heavy atom. The van der Waals surface area contributed by atoms with Gasteiger partial charge in [0.25, 0.3) is 0 Å². The molecule has 0 saturated carbocycles. The molecule has 2 unspecified atom stereocenters. The first-order chi connectivity index (χ1) is 18.8. The molecular weight excluding hydrogens is 542 g/mol. The average Bonchev–Trinajstić information content (AvgIpc) is 2.99. The Morgan fingerprint density at radius 2 is 0.789 bits per heavy atom. The van der Waals surface area contributed by atoms with E-state index in [9.17, 15) is 0 Å². The van der Waals surface area contributed by atoms with E-state index < -0.39 is 14.7 Å². The molecule has 6 heteroatoms. The Morgan fingerprint density at radius 3 is 1.26 bits per heavy atom. The molecule has 0 fully saturated rings. The Labute approximate surface area is 234 Å². The minimum atomic E-state index is -0.806. The molecule has 186 valence electrons. The Bertz CT molecular complexity index is 1500. The van der Waals surface area contributed by atoms with Gasteiger partial charge in [0, 0.05) is 33.2 Å². The number of rotatable bonds is 6. The second-order valence-electron chi connectivity index (χ2n) is 9.04. The Balaban J connectivity index is 1.09. The second-order valence-corrected chi connectivity index (χ2v) is 16.0. The van der Waals surface area contributed by atoms with Crippen molar-refractivity contribution < 1.29 is 9.05 Å². The van der Waals surface area contributed by atoms with Crippen LogP contribution < -0.4 is 19.7 Å². The number of hydrogen-bond donors (Lipinski definition) is 0. The zero-order valence-electron chi connectivity index (χ0n) is 20.5. The molecule has 5 aromatic rings. The maximum atomic E-state index is 6.55. The summed E-state index contributed by atoms with van der Waals surface area (Å²) in [7, 11) is -1.61. The van der Waals surface area contributed by atoms with E-state index >= 15 is 0 Å². The maximum Gasteiger partial charge on any atom is 0.180 e. The summed E-state index contributed by atoms with van der Waals surface area (Å²) in [5, 5.41) is 2.62. The van der Waals surface area contributed by atoms with Gasteiger partial charge in [-0.3, -0.25) is 0 Å². The highest BCUT2D eigenvalue weighted by Gasteiger charge is 2.28. The van der Waals surface area contributed by atoms with Crippen molar-refractivity contribution in [2.45, 2.75) is 11.5 Å². The lowest BCUT2D eigenvalue weighted by Crippen LogP contribution is -2.12. The van der Waals surface area contributed by atoms with Crippen LogP contribution >= 0.6 is 37.5 Å². The molecule has 5 aromatic carbocycles. The Kier molecular flexibility index (Phi) is 6.90. The molecule has 38 heavy (non-hydrogen) atoms. The van der Waals surface area contributed by atoms with Crippen molar-refractivity contribution in [1.29, 1.82) is 0 Å². The summed E-state index contributed by atoms with van der Waals surface area (Å²) in [4.78, 5) is 0. The summed E-state index contributed by atoms with van der Waals surface area (Å²) >= 11 is 3.84. The van der Waals surface area contributed by atoms with E-state index in [2.05, 4.69) is 121 Å². The SMILES string of the molecule is c1ccc(CSP2Oc3ccccc3-c3ccccc32)c(CSP2Oc3ccccc3-c3ccccc32)c1. The molecule has 2 nitrogen and oxygen atoms in total. The van der Waals surface area contributed by atoms with Crippen LogP contribution in [-0.4, -0.2) is 0 Å². The molecule has 0 radical (unpaired) electrons. The highest BCUT2D eigenvalue weighted by Crippen LogP contribution is 2.59. The van der Waals surface area contributed by atoms with Crippen LogP contribution in [0.3, 0.4) is 0 Å². The van der Waals surface area contributed by atoms with E-state index in [0.717, 1.165) is 23.0 Å². The topological polar surface area (TPSA) is 18.5 Å². The zero-order chi connectivity index (χ0) is 25.3. The molecule has 7 rings (SSSR count). The van der Waals surface area contributed by atoms with Gasteiger partial charge in [0.1, 0.15) is 11.5 Å². The highest BCUT2D eigenvalue weighted by atomic mass is 32.7. The molecule has 2 aliphatic heterocycles. The van der Waals surface area contributed by atoms with Gasteiger partial charge in [-0.1, -0.05) is 120 Å². The highest BCUT2D eigenvalue weighted by molar-refractivity contribution is 8.56. The molecule has 0 amide bonds. The lowest BCUT2D eigenvalue weighted by molar-refractivity contribution is 0.633. The van der Waals surface area contributed by atoms with Gasteiger partial charge in [-0.25, -0.2) is 0 Å². The van der Waals surface area contributed by atoms with Gasteiger partial charge in [-0.15, -0.1) is 0 Å². The molecule has 2 aliphatic rings. The van der Waals surface area contributed by atoms with Gasteiger partial charge >= 0.3 is 0 Å². The molecule has 0 saturated heterocycles. The van der Waals surface area contributed by atoms with Crippen LogP contribution in [0.15, 0.2) is 121 Å². The lowest BCUT2D eigenvalue weighted by Gasteiger charge is -2.28. The first-order valence-corrected chi connectivity index (χ1v) is 18.2.